The largest absolute Gasteiger partial charge is 0.463 e. The van der Waals surface area contributed by atoms with E-state index in [4.69, 9.17) is 4.42 Å². The minimum atomic E-state index is -4.48. The molecule has 3 aromatic heterocycles. The summed E-state index contributed by atoms with van der Waals surface area (Å²) in [5.74, 6) is 1.43. The minimum Gasteiger partial charge on any atom is -0.463 e. The smallest absolute Gasteiger partial charge is 0.433 e. The summed E-state index contributed by atoms with van der Waals surface area (Å²) in [5.41, 5.74) is -0.297. The summed E-state index contributed by atoms with van der Waals surface area (Å²) in [5, 5.41) is 8.38. The van der Waals surface area contributed by atoms with Gasteiger partial charge in [-0.3, -0.25) is 0 Å². The number of aromatic nitrogens is 4. The predicted octanol–water partition coefficient (Wildman–Crippen LogP) is 2.87. The lowest BCUT2D eigenvalue weighted by molar-refractivity contribution is -0.141. The Morgan fingerprint density at radius 2 is 1.70 bits per heavy atom. The summed E-state index contributed by atoms with van der Waals surface area (Å²) < 4.78 is 43.7. The number of alkyl halides is 3. The molecule has 1 aliphatic heterocycles. The molecule has 0 N–H and O–H groups in total. The molecular weight excluding hydrogens is 361 g/mol. The molecule has 1 aliphatic rings. The van der Waals surface area contributed by atoms with Gasteiger partial charge in [0.15, 0.2) is 11.6 Å². The van der Waals surface area contributed by atoms with Crippen LogP contribution in [0.4, 0.5) is 24.9 Å². The average Bonchev–Trinajstić information content (AvgIpc) is 3.23. The van der Waals surface area contributed by atoms with Crippen molar-refractivity contribution >= 4 is 11.8 Å². The molecule has 0 bridgehead atoms. The topological polar surface area (TPSA) is 71.2 Å². The van der Waals surface area contributed by atoms with Crippen molar-refractivity contribution in [3.05, 3.63) is 48.5 Å². The third-order valence-electron chi connectivity index (χ3n) is 4.24. The van der Waals surface area contributed by atoms with E-state index in [1.165, 1.54) is 0 Å². The molecule has 1 fully saturated rings. The van der Waals surface area contributed by atoms with Gasteiger partial charge in [-0.05, 0) is 30.3 Å². The molecule has 0 radical (unpaired) electrons. The molecule has 4 heterocycles. The molecule has 27 heavy (non-hydrogen) atoms. The van der Waals surface area contributed by atoms with E-state index in [1.54, 1.807) is 23.3 Å². The maximum atomic E-state index is 12.8. The number of hydrogen-bond acceptors (Lipinski definition) is 7. The van der Waals surface area contributed by atoms with Crippen LogP contribution in [0.25, 0.3) is 11.5 Å². The number of furan rings is 1. The fourth-order valence-electron chi connectivity index (χ4n) is 2.84. The van der Waals surface area contributed by atoms with Crippen LogP contribution >= 0.6 is 0 Å². The molecule has 7 nitrogen and oxygen atoms in total. The molecule has 4 rings (SSSR count). The second kappa shape index (κ2) is 6.86. The Hall–Kier alpha value is -3.17. The van der Waals surface area contributed by atoms with Gasteiger partial charge in [0.1, 0.15) is 11.4 Å². The van der Waals surface area contributed by atoms with Gasteiger partial charge in [0, 0.05) is 32.4 Å². The molecule has 0 aliphatic carbocycles. The summed E-state index contributed by atoms with van der Waals surface area (Å²) in [7, 11) is 0. The average molecular weight is 376 g/mol. The Labute approximate surface area is 152 Å². The number of hydrogen-bond donors (Lipinski definition) is 0. The van der Waals surface area contributed by atoms with Gasteiger partial charge in [-0.15, -0.1) is 10.2 Å². The van der Waals surface area contributed by atoms with E-state index >= 15 is 0 Å². The third-order valence-corrected chi connectivity index (χ3v) is 4.24. The van der Waals surface area contributed by atoms with Crippen LogP contribution < -0.4 is 9.80 Å². The van der Waals surface area contributed by atoms with Gasteiger partial charge in [-0.25, -0.2) is 9.97 Å². The van der Waals surface area contributed by atoms with E-state index in [1.807, 2.05) is 17.0 Å². The second-order valence-corrected chi connectivity index (χ2v) is 5.97. The normalized spacial score (nSPS) is 15.2. The van der Waals surface area contributed by atoms with E-state index in [0.29, 0.717) is 43.5 Å². The Bertz CT molecular complexity index is 890. The molecule has 0 unspecified atom stereocenters. The van der Waals surface area contributed by atoms with E-state index in [2.05, 4.69) is 20.2 Å². The highest BCUT2D eigenvalue weighted by atomic mass is 19.4. The maximum absolute atomic E-state index is 12.8. The number of piperazine rings is 1. The number of halogens is 3. The summed E-state index contributed by atoms with van der Waals surface area (Å²) in [4.78, 5) is 11.4. The lowest BCUT2D eigenvalue weighted by atomic mass is 10.3. The third kappa shape index (κ3) is 3.69. The van der Waals surface area contributed by atoms with Crippen molar-refractivity contribution in [2.24, 2.45) is 0 Å². The Kier molecular flexibility index (Phi) is 4.38. The van der Waals surface area contributed by atoms with Crippen LogP contribution in [0.5, 0.6) is 0 Å². The SMILES string of the molecule is FC(F)(F)c1ccnc(N2CCN(c3ccc(-c4ccco4)nn3)CC2)n1. The van der Waals surface area contributed by atoms with Gasteiger partial charge in [-0.2, -0.15) is 13.2 Å². The van der Waals surface area contributed by atoms with E-state index in [9.17, 15) is 13.2 Å². The zero-order valence-corrected chi connectivity index (χ0v) is 14.1. The molecule has 140 valence electrons. The summed E-state index contributed by atoms with van der Waals surface area (Å²) in [6.45, 7) is 2.13. The van der Waals surface area contributed by atoms with Gasteiger partial charge in [0.05, 0.1) is 6.26 Å². The summed E-state index contributed by atoms with van der Waals surface area (Å²) in [6.07, 6.45) is -1.78. The first-order valence-electron chi connectivity index (χ1n) is 8.28. The minimum absolute atomic E-state index is 0.0868. The highest BCUT2D eigenvalue weighted by molar-refractivity contribution is 5.53. The lowest BCUT2D eigenvalue weighted by Crippen LogP contribution is -2.47. The molecule has 10 heteroatoms. The quantitative estimate of drug-likeness (QED) is 0.696. The Morgan fingerprint density at radius 1 is 0.926 bits per heavy atom. The molecule has 0 atom stereocenters. The van der Waals surface area contributed by atoms with Gasteiger partial charge < -0.3 is 14.2 Å². The van der Waals surface area contributed by atoms with Gasteiger partial charge in [0.2, 0.25) is 5.95 Å². The zero-order valence-electron chi connectivity index (χ0n) is 14.1. The van der Waals surface area contributed by atoms with Crippen LogP contribution in [-0.2, 0) is 6.18 Å². The molecule has 0 saturated carbocycles. The van der Waals surface area contributed by atoms with E-state index in [0.717, 1.165) is 12.3 Å². The van der Waals surface area contributed by atoms with Gasteiger partial charge in [-0.1, -0.05) is 0 Å². The number of nitrogens with zero attached hydrogens (tertiary/aromatic N) is 6. The Morgan fingerprint density at radius 3 is 2.33 bits per heavy atom. The first-order valence-corrected chi connectivity index (χ1v) is 8.28. The maximum Gasteiger partial charge on any atom is 0.433 e. The molecule has 0 aromatic carbocycles. The fraction of sp³-hybridized carbons (Fsp3) is 0.294. The molecule has 3 aromatic rings. The van der Waals surface area contributed by atoms with Crippen molar-refractivity contribution in [3.63, 3.8) is 0 Å². The van der Waals surface area contributed by atoms with E-state index < -0.39 is 11.9 Å². The van der Waals surface area contributed by atoms with Crippen molar-refractivity contribution < 1.29 is 17.6 Å². The van der Waals surface area contributed by atoms with Crippen LogP contribution in [-0.4, -0.2) is 46.3 Å². The predicted molar refractivity (Wildman–Crippen MR) is 91.2 cm³/mol. The standard InChI is InChI=1S/C17H15F3N6O/c18-17(19,20)14-5-6-21-16(22-14)26-9-7-25(8-10-26)15-4-3-12(23-24-15)13-2-1-11-27-13/h1-6,11H,7-10H2. The van der Waals surface area contributed by atoms with Gasteiger partial charge in [0.25, 0.3) is 0 Å². The summed E-state index contributed by atoms with van der Waals surface area (Å²) in [6, 6.07) is 8.12. The first-order chi connectivity index (χ1) is 13.0. The molecule has 1 saturated heterocycles. The van der Waals surface area contributed by atoms with Crippen molar-refractivity contribution in [1.29, 1.82) is 0 Å². The number of rotatable bonds is 3. The van der Waals surface area contributed by atoms with Crippen LogP contribution in [0.3, 0.4) is 0 Å². The van der Waals surface area contributed by atoms with Crippen molar-refractivity contribution in [1.82, 2.24) is 20.2 Å². The van der Waals surface area contributed by atoms with Crippen LogP contribution in [0.15, 0.2) is 47.2 Å². The van der Waals surface area contributed by atoms with Crippen molar-refractivity contribution in [2.45, 2.75) is 6.18 Å². The van der Waals surface area contributed by atoms with Gasteiger partial charge >= 0.3 is 6.18 Å². The highest BCUT2D eigenvalue weighted by Gasteiger charge is 2.33. The number of anilines is 2. The molecular formula is C17H15F3N6O. The highest BCUT2D eigenvalue weighted by Crippen LogP contribution is 2.28. The van der Waals surface area contributed by atoms with Crippen LogP contribution in [0, 0.1) is 0 Å². The second-order valence-electron chi connectivity index (χ2n) is 5.97. The first kappa shape index (κ1) is 17.3. The Balaban J connectivity index is 1.42. The zero-order chi connectivity index (χ0) is 18.9. The monoisotopic (exact) mass is 376 g/mol. The van der Waals surface area contributed by atoms with Crippen LogP contribution in [0.2, 0.25) is 0 Å². The van der Waals surface area contributed by atoms with Crippen molar-refractivity contribution in [2.75, 3.05) is 36.0 Å². The summed E-state index contributed by atoms with van der Waals surface area (Å²) >= 11 is 0. The van der Waals surface area contributed by atoms with E-state index in [-0.39, 0.29) is 5.95 Å². The fourth-order valence-corrected chi connectivity index (χ4v) is 2.84. The van der Waals surface area contributed by atoms with Crippen LogP contribution in [0.1, 0.15) is 5.69 Å². The molecule has 0 amide bonds. The molecule has 0 spiro atoms. The lowest BCUT2D eigenvalue weighted by Gasteiger charge is -2.35. The van der Waals surface area contributed by atoms with Crippen molar-refractivity contribution in [3.8, 4) is 11.5 Å².